The van der Waals surface area contributed by atoms with Gasteiger partial charge in [0, 0.05) is 10.9 Å². The number of anilines is 1. The number of halogens is 2. The Hall–Kier alpha value is -1.80. The van der Waals surface area contributed by atoms with E-state index in [0.717, 1.165) is 11.3 Å². The van der Waals surface area contributed by atoms with Crippen molar-refractivity contribution in [1.82, 2.24) is 14.6 Å². The van der Waals surface area contributed by atoms with Gasteiger partial charge >= 0.3 is 0 Å². The number of aromatic nitrogens is 3. The van der Waals surface area contributed by atoms with Crippen LogP contribution in [0, 0.1) is 5.82 Å². The number of hydrogen-bond donors (Lipinski definition) is 1. The average molecular weight is 383 g/mol. The van der Waals surface area contributed by atoms with E-state index in [0.29, 0.717) is 11.4 Å². The largest absolute Gasteiger partial charge is 0.292 e. The number of carbonyl (C=O) groups excluding carboxylic acids is 1. The van der Waals surface area contributed by atoms with Crippen molar-refractivity contribution < 1.29 is 9.18 Å². The minimum absolute atomic E-state index is 0.177. The standard InChI is InChI=1S/C14H12BrFN4OS/c1-2-10(15)12(21)17-13-18-14-20(19-13)11(7-22-14)8-3-5-9(16)6-4-8/h3-7,10H,2H2,1H3,(H,17,19,21). The Morgan fingerprint density at radius 1 is 1.45 bits per heavy atom. The highest BCUT2D eigenvalue weighted by Crippen LogP contribution is 2.26. The van der Waals surface area contributed by atoms with Crippen molar-refractivity contribution in [2.24, 2.45) is 0 Å². The molecule has 2 aromatic heterocycles. The van der Waals surface area contributed by atoms with Crippen molar-refractivity contribution in [3.63, 3.8) is 0 Å². The number of nitrogens with zero attached hydrogens (tertiary/aromatic N) is 3. The highest BCUT2D eigenvalue weighted by atomic mass is 79.9. The fourth-order valence-electron chi connectivity index (χ4n) is 1.93. The molecule has 1 aromatic carbocycles. The summed E-state index contributed by atoms with van der Waals surface area (Å²) in [5.74, 6) is -0.202. The molecule has 8 heteroatoms. The van der Waals surface area contributed by atoms with Crippen LogP contribution in [-0.4, -0.2) is 25.3 Å². The number of fused-ring (bicyclic) bond motifs is 1. The van der Waals surface area contributed by atoms with Crippen molar-refractivity contribution in [2.75, 3.05) is 5.32 Å². The number of thiazole rings is 1. The maximum atomic E-state index is 13.0. The molecule has 1 atom stereocenters. The van der Waals surface area contributed by atoms with Crippen LogP contribution in [0.1, 0.15) is 13.3 Å². The molecule has 3 rings (SSSR count). The summed E-state index contributed by atoms with van der Waals surface area (Å²) < 4.78 is 14.7. The second-order valence-corrected chi connectivity index (χ2v) is 6.56. The van der Waals surface area contributed by atoms with Crippen molar-refractivity contribution in [2.45, 2.75) is 18.2 Å². The zero-order valence-electron chi connectivity index (χ0n) is 11.6. The summed E-state index contributed by atoms with van der Waals surface area (Å²) in [5, 5.41) is 8.87. The summed E-state index contributed by atoms with van der Waals surface area (Å²) in [6.45, 7) is 1.91. The van der Waals surface area contributed by atoms with E-state index in [9.17, 15) is 9.18 Å². The molecule has 0 saturated heterocycles. The summed E-state index contributed by atoms with van der Waals surface area (Å²) in [6.07, 6.45) is 0.675. The Morgan fingerprint density at radius 2 is 2.18 bits per heavy atom. The molecule has 0 fully saturated rings. The minimum Gasteiger partial charge on any atom is -0.292 e. The lowest BCUT2D eigenvalue weighted by Crippen LogP contribution is -2.22. The van der Waals surface area contributed by atoms with E-state index in [2.05, 4.69) is 31.3 Å². The van der Waals surface area contributed by atoms with Gasteiger partial charge in [0.15, 0.2) is 0 Å². The SMILES string of the molecule is CCC(Br)C(=O)Nc1nc2scc(-c3ccc(F)cc3)n2n1. The highest BCUT2D eigenvalue weighted by Gasteiger charge is 2.17. The van der Waals surface area contributed by atoms with Gasteiger partial charge in [0.1, 0.15) is 5.82 Å². The third-order valence-corrected chi connectivity index (χ3v) is 4.98. The Balaban J connectivity index is 1.91. The first-order chi connectivity index (χ1) is 10.6. The van der Waals surface area contributed by atoms with E-state index in [1.807, 2.05) is 12.3 Å². The van der Waals surface area contributed by atoms with E-state index < -0.39 is 0 Å². The molecule has 2 heterocycles. The molecule has 114 valence electrons. The van der Waals surface area contributed by atoms with Gasteiger partial charge in [-0.25, -0.2) is 8.91 Å². The van der Waals surface area contributed by atoms with Gasteiger partial charge in [0.25, 0.3) is 0 Å². The molecule has 0 saturated carbocycles. The van der Waals surface area contributed by atoms with Gasteiger partial charge < -0.3 is 0 Å². The molecular formula is C14H12BrFN4OS. The summed E-state index contributed by atoms with van der Waals surface area (Å²) in [5.41, 5.74) is 1.64. The zero-order valence-corrected chi connectivity index (χ0v) is 14.0. The molecule has 0 radical (unpaired) electrons. The number of alkyl halides is 1. The first-order valence-electron chi connectivity index (χ1n) is 6.63. The minimum atomic E-state index is -0.287. The molecule has 0 aliphatic heterocycles. The van der Waals surface area contributed by atoms with E-state index >= 15 is 0 Å². The Morgan fingerprint density at radius 3 is 2.86 bits per heavy atom. The second kappa shape index (κ2) is 6.13. The smallest absolute Gasteiger partial charge is 0.250 e. The average Bonchev–Trinajstić information content (AvgIpc) is 3.07. The molecule has 5 nitrogen and oxygen atoms in total. The lowest BCUT2D eigenvalue weighted by molar-refractivity contribution is -0.115. The lowest BCUT2D eigenvalue weighted by Gasteiger charge is -2.04. The Labute approximate surface area is 138 Å². The summed E-state index contributed by atoms with van der Waals surface area (Å²) in [7, 11) is 0. The van der Waals surface area contributed by atoms with Gasteiger partial charge in [0.05, 0.1) is 10.5 Å². The molecule has 1 amide bonds. The van der Waals surface area contributed by atoms with Gasteiger partial charge in [-0.1, -0.05) is 22.9 Å². The van der Waals surface area contributed by atoms with Crippen LogP contribution >= 0.6 is 27.3 Å². The van der Waals surface area contributed by atoms with Gasteiger partial charge in [0.2, 0.25) is 16.8 Å². The van der Waals surface area contributed by atoms with Crippen LogP contribution in [0.2, 0.25) is 0 Å². The maximum absolute atomic E-state index is 13.0. The zero-order chi connectivity index (χ0) is 15.7. The fraction of sp³-hybridized carbons (Fsp3) is 0.214. The molecule has 0 spiro atoms. The Kier molecular flexibility index (Phi) is 4.21. The Bertz CT molecular complexity index is 814. The molecular weight excluding hydrogens is 371 g/mol. The van der Waals surface area contributed by atoms with Crippen LogP contribution in [0.5, 0.6) is 0 Å². The van der Waals surface area contributed by atoms with Crippen molar-refractivity contribution in [3.05, 3.63) is 35.5 Å². The topological polar surface area (TPSA) is 59.3 Å². The van der Waals surface area contributed by atoms with Crippen LogP contribution in [-0.2, 0) is 4.79 Å². The van der Waals surface area contributed by atoms with E-state index in [-0.39, 0.29) is 22.5 Å². The van der Waals surface area contributed by atoms with Gasteiger partial charge in [-0.2, -0.15) is 4.98 Å². The van der Waals surface area contributed by atoms with E-state index in [1.165, 1.54) is 23.5 Å². The number of rotatable bonds is 4. The maximum Gasteiger partial charge on any atom is 0.250 e. The second-order valence-electron chi connectivity index (χ2n) is 4.62. The predicted molar refractivity (Wildman–Crippen MR) is 87.9 cm³/mol. The summed E-state index contributed by atoms with van der Waals surface area (Å²) in [6, 6.07) is 6.16. The predicted octanol–water partition coefficient (Wildman–Crippen LogP) is 3.71. The normalized spacial score (nSPS) is 12.5. The summed E-state index contributed by atoms with van der Waals surface area (Å²) in [4.78, 5) is 16.5. The lowest BCUT2D eigenvalue weighted by atomic mass is 10.2. The molecule has 0 bridgehead atoms. The van der Waals surface area contributed by atoms with Crippen LogP contribution in [0.15, 0.2) is 29.6 Å². The monoisotopic (exact) mass is 382 g/mol. The van der Waals surface area contributed by atoms with Crippen molar-refractivity contribution in [3.8, 4) is 11.3 Å². The van der Waals surface area contributed by atoms with Crippen molar-refractivity contribution >= 4 is 44.1 Å². The molecule has 22 heavy (non-hydrogen) atoms. The number of nitrogens with one attached hydrogen (secondary N) is 1. The number of amides is 1. The fourth-order valence-corrected chi connectivity index (χ4v) is 2.87. The quantitative estimate of drug-likeness (QED) is 0.699. The number of benzene rings is 1. The third-order valence-electron chi connectivity index (χ3n) is 3.10. The van der Waals surface area contributed by atoms with Crippen LogP contribution in [0.25, 0.3) is 16.2 Å². The molecule has 0 aliphatic carbocycles. The van der Waals surface area contributed by atoms with E-state index in [1.54, 1.807) is 16.6 Å². The first kappa shape index (κ1) is 15.1. The highest BCUT2D eigenvalue weighted by molar-refractivity contribution is 9.10. The molecule has 1 N–H and O–H groups in total. The molecule has 0 aliphatic rings. The molecule has 1 unspecified atom stereocenters. The third kappa shape index (κ3) is 2.89. The van der Waals surface area contributed by atoms with Crippen LogP contribution in [0.3, 0.4) is 0 Å². The van der Waals surface area contributed by atoms with Crippen molar-refractivity contribution in [1.29, 1.82) is 0 Å². The molecule has 3 aromatic rings. The number of hydrogen-bond acceptors (Lipinski definition) is 4. The summed E-state index contributed by atoms with van der Waals surface area (Å²) >= 11 is 4.69. The van der Waals surface area contributed by atoms with Gasteiger partial charge in [-0.05, 0) is 30.7 Å². The van der Waals surface area contributed by atoms with Crippen LogP contribution in [0.4, 0.5) is 10.3 Å². The first-order valence-corrected chi connectivity index (χ1v) is 8.43. The van der Waals surface area contributed by atoms with E-state index in [4.69, 9.17) is 0 Å². The van der Waals surface area contributed by atoms with Crippen LogP contribution < -0.4 is 5.32 Å². The number of carbonyl (C=O) groups is 1. The van der Waals surface area contributed by atoms with Gasteiger partial charge in [-0.15, -0.1) is 16.4 Å². The van der Waals surface area contributed by atoms with Gasteiger partial charge in [-0.3, -0.25) is 10.1 Å².